The van der Waals surface area contributed by atoms with Crippen molar-refractivity contribution in [2.45, 2.75) is 26.0 Å². The number of hydrogen-bond acceptors (Lipinski definition) is 6. The highest BCUT2D eigenvalue weighted by Gasteiger charge is 2.17. The largest absolute Gasteiger partial charge is 0.497 e. The third kappa shape index (κ3) is 6.21. The summed E-state index contributed by atoms with van der Waals surface area (Å²) in [6.45, 7) is 1.92. The Bertz CT molecular complexity index is 665. The van der Waals surface area contributed by atoms with E-state index in [1.165, 1.54) is 13.2 Å². The van der Waals surface area contributed by atoms with Crippen LogP contribution in [0.3, 0.4) is 0 Å². The summed E-state index contributed by atoms with van der Waals surface area (Å²) < 4.78 is 20.7. The van der Waals surface area contributed by atoms with Crippen LogP contribution in [0.1, 0.15) is 19.1 Å². The van der Waals surface area contributed by atoms with Gasteiger partial charge in [0.15, 0.2) is 6.10 Å². The minimum absolute atomic E-state index is 0.0435. The molecule has 2 rings (SSSR count). The molecule has 1 aromatic carbocycles. The van der Waals surface area contributed by atoms with E-state index in [0.717, 1.165) is 5.75 Å². The number of carbonyl (C=O) groups excluding carboxylic acids is 2. The molecule has 0 aliphatic carbocycles. The second-order valence-corrected chi connectivity index (χ2v) is 5.20. The van der Waals surface area contributed by atoms with Gasteiger partial charge in [-0.15, -0.1) is 0 Å². The number of furan rings is 1. The first-order valence-corrected chi connectivity index (χ1v) is 7.85. The number of methoxy groups -OCH3 is 1. The maximum absolute atomic E-state index is 11.9. The predicted octanol–water partition coefficient (Wildman–Crippen LogP) is 2.31. The molecule has 0 unspecified atom stereocenters. The van der Waals surface area contributed by atoms with Crippen LogP contribution in [0.15, 0.2) is 47.1 Å². The van der Waals surface area contributed by atoms with E-state index in [4.69, 9.17) is 18.6 Å². The molecule has 2 aromatic rings. The summed E-state index contributed by atoms with van der Waals surface area (Å²) in [5.41, 5.74) is 0. The number of rotatable bonds is 9. The topological polar surface area (TPSA) is 87.0 Å². The molecule has 0 aliphatic heterocycles. The fraction of sp³-hybridized carbons (Fsp3) is 0.333. The Kier molecular flexibility index (Phi) is 6.88. The molecule has 0 saturated carbocycles. The van der Waals surface area contributed by atoms with Crippen molar-refractivity contribution in [3.8, 4) is 11.5 Å². The van der Waals surface area contributed by atoms with E-state index >= 15 is 0 Å². The Hall–Kier alpha value is -2.96. The van der Waals surface area contributed by atoms with Crippen molar-refractivity contribution in [3.63, 3.8) is 0 Å². The monoisotopic (exact) mass is 347 g/mol. The summed E-state index contributed by atoms with van der Waals surface area (Å²) in [4.78, 5) is 23.6. The second kappa shape index (κ2) is 9.36. The molecule has 7 heteroatoms. The molecule has 1 aromatic heterocycles. The molecule has 1 N–H and O–H groups in total. The van der Waals surface area contributed by atoms with Gasteiger partial charge < -0.3 is 23.9 Å². The lowest BCUT2D eigenvalue weighted by atomic mass is 10.3. The molecular formula is C18H21NO6. The van der Waals surface area contributed by atoms with Crippen molar-refractivity contribution in [1.29, 1.82) is 0 Å². The lowest BCUT2D eigenvalue weighted by molar-refractivity contribution is -0.155. The molecule has 0 fully saturated rings. The standard InChI is InChI=1S/C18H21NO6/c1-13(18(21)19-12-16-4-3-10-23-16)25-17(20)9-11-24-15-7-5-14(22-2)6-8-15/h3-8,10,13H,9,11-12H2,1-2H3,(H,19,21)/t13-/m1/s1. The summed E-state index contributed by atoms with van der Waals surface area (Å²) in [5.74, 6) is 1.08. The summed E-state index contributed by atoms with van der Waals surface area (Å²) >= 11 is 0. The molecule has 0 bridgehead atoms. The number of hydrogen-bond donors (Lipinski definition) is 1. The Labute approximate surface area is 145 Å². The molecule has 0 aliphatic rings. The third-order valence-electron chi connectivity index (χ3n) is 3.33. The van der Waals surface area contributed by atoms with Gasteiger partial charge in [-0.25, -0.2) is 0 Å². The Morgan fingerprint density at radius 2 is 1.88 bits per heavy atom. The Morgan fingerprint density at radius 3 is 2.52 bits per heavy atom. The molecule has 1 atom stereocenters. The minimum atomic E-state index is -0.886. The Morgan fingerprint density at radius 1 is 1.16 bits per heavy atom. The number of benzene rings is 1. The lowest BCUT2D eigenvalue weighted by Crippen LogP contribution is -2.35. The van der Waals surface area contributed by atoms with Gasteiger partial charge in [-0.1, -0.05) is 0 Å². The van der Waals surface area contributed by atoms with Crippen molar-refractivity contribution in [1.82, 2.24) is 5.32 Å². The van der Waals surface area contributed by atoms with Crippen LogP contribution >= 0.6 is 0 Å². The number of carbonyl (C=O) groups is 2. The first kappa shape index (κ1) is 18.4. The minimum Gasteiger partial charge on any atom is -0.497 e. The van der Waals surface area contributed by atoms with Crippen molar-refractivity contribution in [2.24, 2.45) is 0 Å². The molecule has 7 nitrogen and oxygen atoms in total. The zero-order chi connectivity index (χ0) is 18.1. The normalized spacial score (nSPS) is 11.4. The SMILES string of the molecule is COc1ccc(OCCC(=O)O[C@H](C)C(=O)NCc2ccco2)cc1. The van der Waals surface area contributed by atoms with Gasteiger partial charge in [0.1, 0.15) is 17.3 Å². The number of amides is 1. The third-order valence-corrected chi connectivity index (χ3v) is 3.33. The molecule has 1 amide bonds. The summed E-state index contributed by atoms with van der Waals surface area (Å²) in [5, 5.41) is 2.63. The maximum atomic E-state index is 11.9. The fourth-order valence-electron chi connectivity index (χ4n) is 1.96. The van der Waals surface area contributed by atoms with Crippen LogP contribution in [0.2, 0.25) is 0 Å². The highest BCUT2D eigenvalue weighted by Crippen LogP contribution is 2.17. The van der Waals surface area contributed by atoms with Gasteiger partial charge in [0.2, 0.25) is 0 Å². The molecule has 1 heterocycles. The smallest absolute Gasteiger partial charge is 0.310 e. The van der Waals surface area contributed by atoms with Gasteiger partial charge in [0, 0.05) is 0 Å². The van der Waals surface area contributed by atoms with E-state index in [1.807, 2.05) is 0 Å². The molecule has 134 valence electrons. The maximum Gasteiger partial charge on any atom is 0.310 e. The quantitative estimate of drug-likeness (QED) is 0.701. The lowest BCUT2D eigenvalue weighted by Gasteiger charge is -2.13. The average molecular weight is 347 g/mol. The van der Waals surface area contributed by atoms with Gasteiger partial charge in [-0.05, 0) is 43.3 Å². The van der Waals surface area contributed by atoms with Crippen LogP contribution < -0.4 is 14.8 Å². The first-order chi connectivity index (χ1) is 12.1. The van der Waals surface area contributed by atoms with Crippen LogP contribution in [-0.2, 0) is 20.9 Å². The average Bonchev–Trinajstić information content (AvgIpc) is 3.13. The zero-order valence-corrected chi connectivity index (χ0v) is 14.2. The van der Waals surface area contributed by atoms with Crippen molar-refractivity contribution < 1.29 is 28.2 Å². The first-order valence-electron chi connectivity index (χ1n) is 7.85. The van der Waals surface area contributed by atoms with Crippen LogP contribution in [0, 0.1) is 0 Å². The second-order valence-electron chi connectivity index (χ2n) is 5.20. The number of nitrogens with one attached hydrogen (secondary N) is 1. The van der Waals surface area contributed by atoms with Gasteiger partial charge in [-0.2, -0.15) is 0 Å². The molecule has 0 radical (unpaired) electrons. The summed E-state index contributed by atoms with van der Waals surface area (Å²) in [7, 11) is 1.58. The number of esters is 1. The fourth-order valence-corrected chi connectivity index (χ4v) is 1.96. The van der Waals surface area contributed by atoms with E-state index < -0.39 is 12.1 Å². The molecular weight excluding hydrogens is 326 g/mol. The Balaban J connectivity index is 1.65. The number of ether oxygens (including phenoxy) is 3. The highest BCUT2D eigenvalue weighted by atomic mass is 16.5. The van der Waals surface area contributed by atoms with Crippen LogP contribution in [0.5, 0.6) is 11.5 Å². The molecule has 0 saturated heterocycles. The highest BCUT2D eigenvalue weighted by molar-refractivity contribution is 5.83. The van der Waals surface area contributed by atoms with Gasteiger partial charge in [0.05, 0.1) is 32.9 Å². The zero-order valence-electron chi connectivity index (χ0n) is 14.2. The van der Waals surface area contributed by atoms with Gasteiger partial charge in [-0.3, -0.25) is 9.59 Å². The van der Waals surface area contributed by atoms with Crippen molar-refractivity contribution in [2.75, 3.05) is 13.7 Å². The van der Waals surface area contributed by atoms with E-state index in [9.17, 15) is 9.59 Å². The molecule has 0 spiro atoms. The van der Waals surface area contributed by atoms with Crippen LogP contribution in [0.4, 0.5) is 0 Å². The van der Waals surface area contributed by atoms with Crippen molar-refractivity contribution in [3.05, 3.63) is 48.4 Å². The van der Waals surface area contributed by atoms with E-state index in [2.05, 4.69) is 5.32 Å². The van der Waals surface area contributed by atoms with E-state index in [0.29, 0.717) is 11.5 Å². The van der Waals surface area contributed by atoms with Gasteiger partial charge in [0.25, 0.3) is 5.91 Å². The summed E-state index contributed by atoms with van der Waals surface area (Å²) in [6.07, 6.45) is 0.679. The van der Waals surface area contributed by atoms with Crippen LogP contribution in [-0.4, -0.2) is 31.7 Å². The van der Waals surface area contributed by atoms with Crippen molar-refractivity contribution >= 4 is 11.9 Å². The van der Waals surface area contributed by atoms with Crippen LogP contribution in [0.25, 0.3) is 0 Å². The predicted molar refractivity (Wildman–Crippen MR) is 89.2 cm³/mol. The van der Waals surface area contributed by atoms with E-state index in [-0.39, 0.29) is 25.5 Å². The van der Waals surface area contributed by atoms with E-state index in [1.54, 1.807) is 43.5 Å². The van der Waals surface area contributed by atoms with Gasteiger partial charge >= 0.3 is 5.97 Å². The molecule has 25 heavy (non-hydrogen) atoms. The summed E-state index contributed by atoms with van der Waals surface area (Å²) in [6, 6.07) is 10.5.